The SMILES string of the molecule is Cc1nccn1C(C)C(=O)N1CCc2[nH]c3c(Cl)cccc3c2C1. The van der Waals surface area contributed by atoms with Gasteiger partial charge in [0.25, 0.3) is 0 Å². The molecule has 1 aromatic carbocycles. The highest BCUT2D eigenvalue weighted by molar-refractivity contribution is 6.35. The molecule has 1 unspecified atom stereocenters. The number of para-hydroxylation sites is 1. The molecule has 4 rings (SSSR count). The first kappa shape index (κ1) is 15.3. The Bertz CT molecular complexity index is 926. The van der Waals surface area contributed by atoms with Crippen LogP contribution in [-0.2, 0) is 17.8 Å². The zero-order valence-electron chi connectivity index (χ0n) is 13.7. The zero-order valence-corrected chi connectivity index (χ0v) is 14.5. The topological polar surface area (TPSA) is 53.9 Å². The van der Waals surface area contributed by atoms with Crippen molar-refractivity contribution >= 4 is 28.4 Å². The Labute approximate surface area is 145 Å². The van der Waals surface area contributed by atoms with Gasteiger partial charge in [0.05, 0.1) is 10.5 Å². The summed E-state index contributed by atoms with van der Waals surface area (Å²) in [6.07, 6.45) is 4.41. The van der Waals surface area contributed by atoms with Gasteiger partial charge in [-0.1, -0.05) is 23.7 Å². The standard InChI is InChI=1S/C18H19ClN4O/c1-11(23-9-7-20-12(23)2)18(24)22-8-6-16-14(10-22)13-4-3-5-15(19)17(13)21-16/h3-5,7,9,11,21H,6,8,10H2,1-2H3. The van der Waals surface area contributed by atoms with Gasteiger partial charge in [-0.25, -0.2) is 4.98 Å². The number of nitrogens with zero attached hydrogens (tertiary/aromatic N) is 3. The number of aromatic amines is 1. The lowest BCUT2D eigenvalue weighted by molar-refractivity contribution is -0.135. The lowest BCUT2D eigenvalue weighted by atomic mass is 10.0. The van der Waals surface area contributed by atoms with E-state index in [4.69, 9.17) is 11.6 Å². The summed E-state index contributed by atoms with van der Waals surface area (Å²) in [5.74, 6) is 0.977. The van der Waals surface area contributed by atoms with Crippen LogP contribution in [0.2, 0.25) is 5.02 Å². The molecule has 0 bridgehead atoms. The van der Waals surface area contributed by atoms with Crippen molar-refractivity contribution in [1.29, 1.82) is 0 Å². The van der Waals surface area contributed by atoms with Crippen molar-refractivity contribution in [2.45, 2.75) is 32.9 Å². The number of hydrogen-bond donors (Lipinski definition) is 1. The summed E-state index contributed by atoms with van der Waals surface area (Å²) >= 11 is 6.29. The fourth-order valence-corrected chi connectivity index (χ4v) is 3.79. The molecule has 1 aliphatic rings. The van der Waals surface area contributed by atoms with E-state index in [0.717, 1.165) is 28.2 Å². The Balaban J connectivity index is 1.64. The van der Waals surface area contributed by atoms with E-state index < -0.39 is 0 Å². The first-order chi connectivity index (χ1) is 11.6. The number of fused-ring (bicyclic) bond motifs is 3. The van der Waals surface area contributed by atoms with Crippen LogP contribution in [0, 0.1) is 6.92 Å². The minimum Gasteiger partial charge on any atom is -0.357 e. The molecule has 1 N–H and O–H groups in total. The average molecular weight is 343 g/mol. The van der Waals surface area contributed by atoms with Gasteiger partial charge < -0.3 is 14.5 Å². The smallest absolute Gasteiger partial charge is 0.245 e. The molecular formula is C18H19ClN4O. The fraction of sp³-hybridized carbons (Fsp3) is 0.333. The highest BCUT2D eigenvalue weighted by Gasteiger charge is 2.28. The number of carbonyl (C=O) groups is 1. The molecule has 1 amide bonds. The van der Waals surface area contributed by atoms with Gasteiger partial charge in [0.1, 0.15) is 11.9 Å². The summed E-state index contributed by atoms with van der Waals surface area (Å²) in [6.45, 7) is 5.18. The maximum Gasteiger partial charge on any atom is 0.245 e. The van der Waals surface area contributed by atoms with Crippen LogP contribution >= 0.6 is 11.6 Å². The molecule has 3 heterocycles. The van der Waals surface area contributed by atoms with Crippen LogP contribution in [0.5, 0.6) is 0 Å². The predicted molar refractivity (Wildman–Crippen MR) is 94.1 cm³/mol. The van der Waals surface area contributed by atoms with Crippen molar-refractivity contribution in [2.75, 3.05) is 6.54 Å². The Morgan fingerprint density at radius 2 is 2.25 bits per heavy atom. The van der Waals surface area contributed by atoms with Crippen molar-refractivity contribution in [3.8, 4) is 0 Å². The van der Waals surface area contributed by atoms with E-state index in [1.807, 2.05) is 41.6 Å². The third-order valence-electron chi connectivity index (χ3n) is 4.91. The lowest BCUT2D eigenvalue weighted by Crippen LogP contribution is -2.39. The Kier molecular flexibility index (Phi) is 3.61. The number of hydrogen-bond acceptors (Lipinski definition) is 2. The van der Waals surface area contributed by atoms with E-state index in [2.05, 4.69) is 16.0 Å². The molecule has 2 aromatic heterocycles. The molecule has 0 fully saturated rings. The third kappa shape index (κ3) is 2.31. The summed E-state index contributed by atoms with van der Waals surface area (Å²) in [7, 11) is 0. The minimum atomic E-state index is -0.247. The van der Waals surface area contributed by atoms with Crippen LogP contribution in [0.25, 0.3) is 10.9 Å². The largest absolute Gasteiger partial charge is 0.357 e. The van der Waals surface area contributed by atoms with E-state index in [-0.39, 0.29) is 11.9 Å². The molecule has 24 heavy (non-hydrogen) atoms. The number of aryl methyl sites for hydroxylation is 1. The van der Waals surface area contributed by atoms with Gasteiger partial charge in [-0.3, -0.25) is 4.79 Å². The second kappa shape index (κ2) is 5.67. The number of benzene rings is 1. The van der Waals surface area contributed by atoms with Crippen LogP contribution in [0.15, 0.2) is 30.6 Å². The average Bonchev–Trinajstić information content (AvgIpc) is 3.17. The van der Waals surface area contributed by atoms with Gasteiger partial charge in [-0.05, 0) is 19.9 Å². The van der Waals surface area contributed by atoms with E-state index in [1.165, 1.54) is 11.3 Å². The fourth-order valence-electron chi connectivity index (χ4n) is 3.57. The number of rotatable bonds is 2. The summed E-state index contributed by atoms with van der Waals surface area (Å²) in [6, 6.07) is 5.66. The maximum atomic E-state index is 12.9. The van der Waals surface area contributed by atoms with Gasteiger partial charge in [0.15, 0.2) is 0 Å². The Morgan fingerprint density at radius 1 is 1.42 bits per heavy atom. The summed E-state index contributed by atoms with van der Waals surface area (Å²) in [4.78, 5) is 22.5. The molecule has 1 aliphatic heterocycles. The molecule has 6 heteroatoms. The monoisotopic (exact) mass is 342 g/mol. The van der Waals surface area contributed by atoms with Gasteiger partial charge in [-0.15, -0.1) is 0 Å². The van der Waals surface area contributed by atoms with Crippen LogP contribution in [0.3, 0.4) is 0 Å². The van der Waals surface area contributed by atoms with Crippen LogP contribution < -0.4 is 0 Å². The minimum absolute atomic E-state index is 0.123. The van der Waals surface area contributed by atoms with Crippen LogP contribution in [-0.4, -0.2) is 31.9 Å². The first-order valence-corrected chi connectivity index (χ1v) is 8.50. The van der Waals surface area contributed by atoms with E-state index in [1.54, 1.807) is 6.20 Å². The highest BCUT2D eigenvalue weighted by atomic mass is 35.5. The second-order valence-corrected chi connectivity index (χ2v) is 6.72. The Morgan fingerprint density at radius 3 is 3.00 bits per heavy atom. The van der Waals surface area contributed by atoms with Crippen molar-refractivity contribution in [1.82, 2.24) is 19.4 Å². The van der Waals surface area contributed by atoms with Gasteiger partial charge in [-0.2, -0.15) is 0 Å². The number of halogens is 1. The van der Waals surface area contributed by atoms with Crippen molar-refractivity contribution in [2.24, 2.45) is 0 Å². The molecule has 0 saturated carbocycles. The highest BCUT2D eigenvalue weighted by Crippen LogP contribution is 2.32. The molecule has 3 aromatic rings. The summed E-state index contributed by atoms with van der Waals surface area (Å²) < 4.78 is 1.92. The van der Waals surface area contributed by atoms with Crippen molar-refractivity contribution in [3.05, 3.63) is 52.7 Å². The van der Waals surface area contributed by atoms with Crippen LogP contribution in [0.1, 0.15) is 30.0 Å². The Hall–Kier alpha value is -2.27. The summed E-state index contributed by atoms with van der Waals surface area (Å²) in [5, 5.41) is 1.84. The number of carbonyl (C=O) groups excluding carboxylic acids is 1. The van der Waals surface area contributed by atoms with E-state index in [9.17, 15) is 4.79 Å². The van der Waals surface area contributed by atoms with Gasteiger partial charge >= 0.3 is 0 Å². The molecule has 1 atom stereocenters. The van der Waals surface area contributed by atoms with Gasteiger partial charge in [0, 0.05) is 48.5 Å². The number of imidazole rings is 1. The van der Waals surface area contributed by atoms with E-state index >= 15 is 0 Å². The first-order valence-electron chi connectivity index (χ1n) is 8.12. The number of aromatic nitrogens is 3. The van der Waals surface area contributed by atoms with Crippen molar-refractivity contribution < 1.29 is 4.79 Å². The molecule has 0 saturated heterocycles. The number of amides is 1. The molecule has 0 radical (unpaired) electrons. The predicted octanol–water partition coefficient (Wildman–Crippen LogP) is 3.47. The molecule has 0 aliphatic carbocycles. The molecule has 5 nitrogen and oxygen atoms in total. The number of nitrogens with one attached hydrogen (secondary N) is 1. The molecular weight excluding hydrogens is 324 g/mol. The second-order valence-electron chi connectivity index (χ2n) is 6.31. The van der Waals surface area contributed by atoms with Crippen molar-refractivity contribution in [3.63, 3.8) is 0 Å². The van der Waals surface area contributed by atoms with Gasteiger partial charge in [0.2, 0.25) is 5.91 Å². The maximum absolute atomic E-state index is 12.9. The lowest BCUT2D eigenvalue weighted by Gasteiger charge is -2.30. The zero-order chi connectivity index (χ0) is 16.8. The third-order valence-corrected chi connectivity index (χ3v) is 5.22. The normalized spacial score (nSPS) is 15.5. The molecule has 124 valence electrons. The van der Waals surface area contributed by atoms with E-state index in [0.29, 0.717) is 13.1 Å². The number of H-pyrrole nitrogens is 1. The quantitative estimate of drug-likeness (QED) is 0.775. The van der Waals surface area contributed by atoms with Crippen LogP contribution in [0.4, 0.5) is 0 Å². The summed E-state index contributed by atoms with van der Waals surface area (Å²) in [5.41, 5.74) is 3.34. The molecule has 0 spiro atoms.